The van der Waals surface area contributed by atoms with Crippen molar-refractivity contribution in [2.24, 2.45) is 0 Å². The van der Waals surface area contributed by atoms with Crippen molar-refractivity contribution in [3.8, 4) is 11.3 Å². The van der Waals surface area contributed by atoms with Crippen LogP contribution in [0.25, 0.3) is 11.3 Å². The van der Waals surface area contributed by atoms with Crippen molar-refractivity contribution in [3.05, 3.63) is 48.2 Å². The molecule has 2 aromatic rings. The monoisotopic (exact) mass is 300 g/mol. The van der Waals surface area contributed by atoms with Crippen LogP contribution in [0.2, 0.25) is 0 Å². The quantitative estimate of drug-likeness (QED) is 0.902. The average Bonchev–Trinajstić information content (AvgIpc) is 3.05. The molecule has 1 aliphatic heterocycles. The molecule has 0 bridgehead atoms. The molecule has 3 rings (SSSR count). The molecule has 2 N–H and O–H groups in total. The van der Waals surface area contributed by atoms with Crippen LogP contribution in [-0.4, -0.2) is 52.7 Å². The molecule has 1 amide bonds. The molecule has 1 aliphatic rings. The molecule has 22 heavy (non-hydrogen) atoms. The Kier molecular flexibility index (Phi) is 3.93. The van der Waals surface area contributed by atoms with Gasteiger partial charge in [-0.1, -0.05) is 30.3 Å². The molecule has 0 saturated carbocycles. The van der Waals surface area contributed by atoms with Gasteiger partial charge in [0.05, 0.1) is 13.2 Å². The Hall–Kier alpha value is -2.60. The van der Waals surface area contributed by atoms with Crippen molar-refractivity contribution in [2.75, 3.05) is 19.7 Å². The number of carbonyl (C=O) groups excluding carboxylic acids is 1. The van der Waals surface area contributed by atoms with Gasteiger partial charge >= 0.3 is 5.97 Å². The van der Waals surface area contributed by atoms with E-state index in [1.165, 1.54) is 4.90 Å². The summed E-state index contributed by atoms with van der Waals surface area (Å²) < 4.78 is 5.13. The molecule has 0 aliphatic carbocycles. The smallest absolute Gasteiger partial charge is 0.334 e. The number of rotatable bonds is 3. The van der Waals surface area contributed by atoms with E-state index in [0.29, 0.717) is 12.2 Å². The summed E-state index contributed by atoms with van der Waals surface area (Å²) in [5, 5.41) is 8.99. The van der Waals surface area contributed by atoms with E-state index < -0.39 is 12.1 Å². The highest BCUT2D eigenvalue weighted by atomic mass is 16.5. The summed E-state index contributed by atoms with van der Waals surface area (Å²) in [5.41, 5.74) is 2.30. The Balaban J connectivity index is 1.76. The van der Waals surface area contributed by atoms with Gasteiger partial charge in [-0.2, -0.15) is 0 Å². The number of benzene rings is 1. The molecule has 6 nitrogen and oxygen atoms in total. The molecule has 6 heteroatoms. The maximum absolute atomic E-state index is 12.5. The zero-order valence-corrected chi connectivity index (χ0v) is 11.9. The number of aromatic nitrogens is 1. The van der Waals surface area contributed by atoms with Crippen LogP contribution in [0.15, 0.2) is 42.5 Å². The Morgan fingerprint density at radius 3 is 2.68 bits per heavy atom. The Labute approximate surface area is 127 Å². The normalized spacial score (nSPS) is 18.2. The number of carboxylic acid groups (broad SMARTS) is 1. The number of nitrogens with zero attached hydrogens (tertiary/aromatic N) is 1. The van der Waals surface area contributed by atoms with Crippen molar-refractivity contribution >= 4 is 11.9 Å². The lowest BCUT2D eigenvalue weighted by molar-refractivity contribution is -0.154. The number of morpholine rings is 1. The van der Waals surface area contributed by atoms with Crippen LogP contribution in [0.3, 0.4) is 0 Å². The number of ether oxygens (including phenoxy) is 1. The van der Waals surface area contributed by atoms with Crippen LogP contribution in [0.4, 0.5) is 0 Å². The van der Waals surface area contributed by atoms with Gasteiger partial charge in [0.15, 0.2) is 6.10 Å². The number of nitrogens with one attached hydrogen (secondary N) is 1. The van der Waals surface area contributed by atoms with Gasteiger partial charge in [0.1, 0.15) is 5.69 Å². The summed E-state index contributed by atoms with van der Waals surface area (Å²) in [5.74, 6) is -1.26. The number of hydrogen-bond acceptors (Lipinski definition) is 3. The zero-order chi connectivity index (χ0) is 15.5. The second-order valence-electron chi connectivity index (χ2n) is 5.10. The molecule has 1 unspecified atom stereocenters. The number of aliphatic carboxylic acids is 1. The third-order valence-electron chi connectivity index (χ3n) is 3.63. The van der Waals surface area contributed by atoms with Gasteiger partial charge in [-0.15, -0.1) is 0 Å². The lowest BCUT2D eigenvalue weighted by atomic mass is 10.2. The number of carbonyl (C=O) groups is 2. The maximum Gasteiger partial charge on any atom is 0.334 e. The third kappa shape index (κ3) is 2.87. The fraction of sp³-hybridized carbons (Fsp3) is 0.250. The molecule has 1 fully saturated rings. The first-order valence-electron chi connectivity index (χ1n) is 7.03. The van der Waals surface area contributed by atoms with Crippen LogP contribution in [0.5, 0.6) is 0 Å². The van der Waals surface area contributed by atoms with Crippen LogP contribution in [0.1, 0.15) is 10.5 Å². The topological polar surface area (TPSA) is 82.6 Å². The summed E-state index contributed by atoms with van der Waals surface area (Å²) >= 11 is 0. The van der Waals surface area contributed by atoms with Crippen molar-refractivity contribution in [3.63, 3.8) is 0 Å². The van der Waals surface area contributed by atoms with E-state index in [0.717, 1.165) is 11.3 Å². The number of amides is 1. The van der Waals surface area contributed by atoms with E-state index in [9.17, 15) is 9.59 Å². The molecule has 114 valence electrons. The number of aromatic amines is 1. The summed E-state index contributed by atoms with van der Waals surface area (Å²) in [6.45, 7) is 0.686. The van der Waals surface area contributed by atoms with Gasteiger partial charge < -0.3 is 19.7 Å². The van der Waals surface area contributed by atoms with E-state index in [2.05, 4.69) is 4.98 Å². The van der Waals surface area contributed by atoms with Crippen molar-refractivity contribution in [1.29, 1.82) is 0 Å². The summed E-state index contributed by atoms with van der Waals surface area (Å²) in [6, 6.07) is 13.3. The van der Waals surface area contributed by atoms with Gasteiger partial charge in [-0.25, -0.2) is 4.79 Å². The Bertz CT molecular complexity index is 680. The predicted molar refractivity (Wildman–Crippen MR) is 79.5 cm³/mol. The average molecular weight is 300 g/mol. The van der Waals surface area contributed by atoms with Crippen LogP contribution < -0.4 is 0 Å². The van der Waals surface area contributed by atoms with E-state index in [-0.39, 0.29) is 19.1 Å². The molecule has 0 radical (unpaired) electrons. The van der Waals surface area contributed by atoms with Crippen molar-refractivity contribution in [1.82, 2.24) is 9.88 Å². The van der Waals surface area contributed by atoms with Crippen LogP contribution in [-0.2, 0) is 9.53 Å². The molecule has 1 aromatic heterocycles. The SMILES string of the molecule is O=C(O)C1CN(C(=O)c2ccc(-c3ccccc3)[nH]2)CCO1. The van der Waals surface area contributed by atoms with Gasteiger partial charge in [0.25, 0.3) is 5.91 Å². The molecular weight excluding hydrogens is 284 g/mol. The minimum Gasteiger partial charge on any atom is -0.479 e. The van der Waals surface area contributed by atoms with Crippen LogP contribution in [0, 0.1) is 0 Å². The summed E-state index contributed by atoms with van der Waals surface area (Å²) in [7, 11) is 0. The van der Waals surface area contributed by atoms with Gasteiger partial charge in [0.2, 0.25) is 0 Å². The first kappa shape index (κ1) is 14.3. The highest BCUT2D eigenvalue weighted by Crippen LogP contribution is 2.19. The summed E-state index contributed by atoms with van der Waals surface area (Å²) in [6.07, 6.45) is -0.957. The lowest BCUT2D eigenvalue weighted by Crippen LogP contribution is -2.48. The fourth-order valence-corrected chi connectivity index (χ4v) is 2.46. The van der Waals surface area contributed by atoms with E-state index in [1.54, 1.807) is 6.07 Å². The molecule has 0 spiro atoms. The molecule has 1 saturated heterocycles. The highest BCUT2D eigenvalue weighted by Gasteiger charge is 2.29. The number of carboxylic acids is 1. The molecular formula is C16H16N2O4. The second-order valence-corrected chi connectivity index (χ2v) is 5.10. The second kappa shape index (κ2) is 6.03. The minimum absolute atomic E-state index is 0.0634. The number of H-pyrrole nitrogens is 1. The Morgan fingerprint density at radius 1 is 1.18 bits per heavy atom. The fourth-order valence-electron chi connectivity index (χ4n) is 2.46. The zero-order valence-electron chi connectivity index (χ0n) is 11.9. The third-order valence-corrected chi connectivity index (χ3v) is 3.63. The predicted octanol–water partition coefficient (Wildman–Crippen LogP) is 1.61. The maximum atomic E-state index is 12.5. The molecule has 1 aromatic carbocycles. The van der Waals surface area contributed by atoms with E-state index >= 15 is 0 Å². The first-order chi connectivity index (χ1) is 10.6. The van der Waals surface area contributed by atoms with Gasteiger partial charge in [0, 0.05) is 12.2 Å². The molecule has 1 atom stereocenters. The molecule has 2 heterocycles. The standard InChI is InChI=1S/C16H16N2O4/c19-15(18-8-9-22-14(10-18)16(20)21)13-7-6-12(17-13)11-4-2-1-3-5-11/h1-7,14,17H,8-10H2,(H,20,21). The van der Waals surface area contributed by atoms with E-state index in [4.69, 9.17) is 9.84 Å². The summed E-state index contributed by atoms with van der Waals surface area (Å²) in [4.78, 5) is 28.0. The largest absolute Gasteiger partial charge is 0.479 e. The first-order valence-corrected chi connectivity index (χ1v) is 7.03. The van der Waals surface area contributed by atoms with E-state index in [1.807, 2.05) is 36.4 Å². The van der Waals surface area contributed by atoms with Gasteiger partial charge in [-0.05, 0) is 17.7 Å². The van der Waals surface area contributed by atoms with Gasteiger partial charge in [-0.3, -0.25) is 4.79 Å². The highest BCUT2D eigenvalue weighted by molar-refractivity contribution is 5.94. The number of hydrogen-bond donors (Lipinski definition) is 2. The van der Waals surface area contributed by atoms with Crippen LogP contribution >= 0.6 is 0 Å². The minimum atomic E-state index is -1.05. The lowest BCUT2D eigenvalue weighted by Gasteiger charge is -2.30. The van der Waals surface area contributed by atoms with Crippen molar-refractivity contribution < 1.29 is 19.4 Å². The van der Waals surface area contributed by atoms with Crippen molar-refractivity contribution in [2.45, 2.75) is 6.10 Å². The Morgan fingerprint density at radius 2 is 1.95 bits per heavy atom.